The molecule has 0 aliphatic carbocycles. The Kier molecular flexibility index (Phi) is 7.35. The molecular formula is C22H21N2O4-. The van der Waals surface area contributed by atoms with E-state index in [1.54, 1.807) is 36.4 Å². The average Bonchev–Trinajstić information content (AvgIpc) is 2.70. The minimum absolute atomic E-state index is 0.129. The Hall–Kier alpha value is -3.59. The van der Waals surface area contributed by atoms with Crippen molar-refractivity contribution in [2.45, 2.75) is 26.2 Å². The van der Waals surface area contributed by atoms with Crippen LogP contribution in [-0.2, 0) is 9.59 Å². The molecule has 0 radical (unpaired) electrons. The Morgan fingerprint density at radius 3 is 2.50 bits per heavy atom. The van der Waals surface area contributed by atoms with Crippen LogP contribution in [0, 0.1) is 11.3 Å². The van der Waals surface area contributed by atoms with E-state index in [1.165, 1.54) is 11.6 Å². The van der Waals surface area contributed by atoms with Crippen molar-refractivity contribution in [3.8, 4) is 11.8 Å². The molecule has 0 fully saturated rings. The first kappa shape index (κ1) is 20.7. The van der Waals surface area contributed by atoms with Gasteiger partial charge in [-0.15, -0.1) is 0 Å². The van der Waals surface area contributed by atoms with Crippen molar-refractivity contribution < 1.29 is 19.4 Å². The Balaban J connectivity index is 2.18. The highest BCUT2D eigenvalue weighted by Gasteiger charge is 2.12. The number of nitrogens with zero attached hydrogens (tertiary/aromatic N) is 1. The van der Waals surface area contributed by atoms with Crippen LogP contribution in [0.2, 0.25) is 0 Å². The predicted molar refractivity (Wildman–Crippen MR) is 104 cm³/mol. The molecule has 2 rings (SSSR count). The van der Waals surface area contributed by atoms with Crippen LogP contribution in [0.3, 0.4) is 0 Å². The van der Waals surface area contributed by atoms with E-state index in [9.17, 15) is 20.0 Å². The summed E-state index contributed by atoms with van der Waals surface area (Å²) >= 11 is 0. The number of benzene rings is 2. The number of carbonyl (C=O) groups is 2. The summed E-state index contributed by atoms with van der Waals surface area (Å²) in [5.41, 5.74) is 2.05. The third-order valence-electron chi connectivity index (χ3n) is 4.28. The molecule has 6 nitrogen and oxygen atoms in total. The number of nitriles is 1. The number of carboxylic acids is 1. The van der Waals surface area contributed by atoms with Crippen LogP contribution in [0.1, 0.15) is 37.3 Å². The van der Waals surface area contributed by atoms with Gasteiger partial charge in [-0.1, -0.05) is 44.2 Å². The summed E-state index contributed by atoms with van der Waals surface area (Å²) in [6, 6.07) is 15.9. The number of carboxylic acid groups (broad SMARTS) is 1. The van der Waals surface area contributed by atoms with Gasteiger partial charge in [0.25, 0.3) is 5.91 Å². The van der Waals surface area contributed by atoms with Crippen LogP contribution >= 0.6 is 0 Å². The van der Waals surface area contributed by atoms with Crippen LogP contribution < -0.4 is 15.2 Å². The molecule has 0 spiro atoms. The second-order valence-electron chi connectivity index (χ2n) is 6.25. The van der Waals surface area contributed by atoms with E-state index in [0.717, 1.165) is 6.42 Å². The summed E-state index contributed by atoms with van der Waals surface area (Å²) in [6.45, 7) is 3.62. The van der Waals surface area contributed by atoms with Crippen LogP contribution in [0.4, 0.5) is 5.69 Å². The highest BCUT2D eigenvalue weighted by atomic mass is 16.5. The fourth-order valence-electron chi connectivity index (χ4n) is 2.50. The van der Waals surface area contributed by atoms with Crippen molar-refractivity contribution in [1.29, 1.82) is 5.26 Å². The van der Waals surface area contributed by atoms with Crippen LogP contribution in [0.15, 0.2) is 54.1 Å². The zero-order valence-corrected chi connectivity index (χ0v) is 15.8. The van der Waals surface area contributed by atoms with Gasteiger partial charge in [0, 0.05) is 11.3 Å². The van der Waals surface area contributed by atoms with Gasteiger partial charge in [-0.3, -0.25) is 4.79 Å². The first-order valence-corrected chi connectivity index (χ1v) is 8.89. The average molecular weight is 377 g/mol. The Morgan fingerprint density at radius 2 is 1.89 bits per heavy atom. The zero-order valence-electron chi connectivity index (χ0n) is 15.8. The second-order valence-corrected chi connectivity index (χ2v) is 6.25. The van der Waals surface area contributed by atoms with E-state index < -0.39 is 18.5 Å². The number of carbonyl (C=O) groups excluding carboxylic acids is 2. The number of rotatable bonds is 8. The SMILES string of the molecule is CC[C@H](C)c1ccc(NC(=O)/C(C#N)=C/c2ccccc2OCC(=O)[O-])cc1. The maximum Gasteiger partial charge on any atom is 0.266 e. The summed E-state index contributed by atoms with van der Waals surface area (Å²) in [5, 5.41) is 22.7. The first-order chi connectivity index (χ1) is 13.4. The Labute approximate surface area is 164 Å². The summed E-state index contributed by atoms with van der Waals surface area (Å²) in [4.78, 5) is 23.0. The van der Waals surface area contributed by atoms with Gasteiger partial charge in [-0.05, 0) is 42.2 Å². The van der Waals surface area contributed by atoms with Gasteiger partial charge < -0.3 is 20.0 Å². The van der Waals surface area contributed by atoms with Crippen LogP contribution in [0.25, 0.3) is 6.08 Å². The monoisotopic (exact) mass is 377 g/mol. The number of nitrogens with one attached hydrogen (secondary N) is 1. The number of hydrogen-bond donors (Lipinski definition) is 1. The molecule has 0 aliphatic rings. The molecule has 0 aliphatic heterocycles. The number of para-hydroxylation sites is 1. The number of aliphatic carboxylic acids is 1. The lowest BCUT2D eigenvalue weighted by Crippen LogP contribution is -2.29. The number of ether oxygens (including phenoxy) is 1. The molecular weight excluding hydrogens is 356 g/mol. The maximum absolute atomic E-state index is 12.5. The van der Waals surface area contributed by atoms with Gasteiger partial charge in [-0.25, -0.2) is 0 Å². The van der Waals surface area contributed by atoms with Crippen LogP contribution in [-0.4, -0.2) is 18.5 Å². The minimum Gasteiger partial charge on any atom is -0.546 e. The molecule has 1 amide bonds. The van der Waals surface area contributed by atoms with Gasteiger partial charge in [0.05, 0.1) is 5.97 Å². The van der Waals surface area contributed by atoms with Gasteiger partial charge in [0.2, 0.25) is 0 Å². The molecule has 0 unspecified atom stereocenters. The molecule has 0 saturated carbocycles. The lowest BCUT2D eigenvalue weighted by atomic mass is 9.98. The molecule has 1 atom stereocenters. The zero-order chi connectivity index (χ0) is 20.5. The number of hydrogen-bond acceptors (Lipinski definition) is 5. The predicted octanol–water partition coefficient (Wildman–Crippen LogP) is 2.87. The fourth-order valence-corrected chi connectivity index (χ4v) is 2.50. The van der Waals surface area contributed by atoms with Crippen LogP contribution in [0.5, 0.6) is 5.75 Å². The lowest BCUT2D eigenvalue weighted by Gasteiger charge is -2.11. The maximum atomic E-state index is 12.5. The molecule has 28 heavy (non-hydrogen) atoms. The van der Waals surface area contributed by atoms with Crippen molar-refractivity contribution in [2.75, 3.05) is 11.9 Å². The molecule has 0 saturated heterocycles. The highest BCUT2D eigenvalue weighted by molar-refractivity contribution is 6.09. The molecule has 2 aromatic rings. The second kappa shape index (κ2) is 9.93. The van der Waals surface area contributed by atoms with E-state index in [0.29, 0.717) is 17.2 Å². The van der Waals surface area contributed by atoms with Crippen molar-refractivity contribution >= 4 is 23.6 Å². The number of amides is 1. The quantitative estimate of drug-likeness (QED) is 0.563. The van der Waals surface area contributed by atoms with Gasteiger partial charge in [0.15, 0.2) is 0 Å². The summed E-state index contributed by atoms with van der Waals surface area (Å²) < 4.78 is 5.14. The minimum atomic E-state index is -1.36. The van der Waals surface area contributed by atoms with E-state index in [2.05, 4.69) is 19.2 Å². The summed E-state index contributed by atoms with van der Waals surface area (Å²) in [5.74, 6) is -1.26. The Morgan fingerprint density at radius 1 is 1.21 bits per heavy atom. The molecule has 144 valence electrons. The highest BCUT2D eigenvalue weighted by Crippen LogP contribution is 2.23. The van der Waals surface area contributed by atoms with E-state index in [-0.39, 0.29) is 11.3 Å². The molecule has 0 bridgehead atoms. The standard InChI is InChI=1S/C22H22N2O4/c1-3-15(2)16-8-10-19(11-9-16)24-22(27)18(13-23)12-17-6-4-5-7-20(17)28-14-21(25)26/h4-12,15H,3,14H2,1-2H3,(H,24,27)(H,25,26)/p-1/b18-12+/t15-/m0/s1. The van der Waals surface area contributed by atoms with Crippen molar-refractivity contribution in [1.82, 2.24) is 0 Å². The first-order valence-electron chi connectivity index (χ1n) is 8.89. The molecule has 6 heteroatoms. The molecule has 1 N–H and O–H groups in total. The lowest BCUT2D eigenvalue weighted by molar-refractivity contribution is -0.307. The summed E-state index contributed by atoms with van der Waals surface area (Å²) in [6.07, 6.45) is 2.37. The molecule has 0 heterocycles. The van der Waals surface area contributed by atoms with Gasteiger partial charge in [-0.2, -0.15) is 5.26 Å². The molecule has 0 aromatic heterocycles. The van der Waals surface area contributed by atoms with Crippen molar-refractivity contribution in [3.63, 3.8) is 0 Å². The third kappa shape index (κ3) is 5.71. The van der Waals surface area contributed by atoms with E-state index in [1.807, 2.05) is 18.2 Å². The number of anilines is 1. The third-order valence-corrected chi connectivity index (χ3v) is 4.28. The smallest absolute Gasteiger partial charge is 0.266 e. The fraction of sp³-hybridized carbons (Fsp3) is 0.227. The van der Waals surface area contributed by atoms with Gasteiger partial charge in [0.1, 0.15) is 24.0 Å². The van der Waals surface area contributed by atoms with E-state index >= 15 is 0 Å². The normalized spacial score (nSPS) is 12.0. The Bertz CT molecular complexity index is 911. The molecule has 2 aromatic carbocycles. The topological polar surface area (TPSA) is 102 Å². The largest absolute Gasteiger partial charge is 0.546 e. The van der Waals surface area contributed by atoms with Crippen molar-refractivity contribution in [3.05, 3.63) is 65.2 Å². The van der Waals surface area contributed by atoms with E-state index in [4.69, 9.17) is 4.74 Å². The van der Waals surface area contributed by atoms with Gasteiger partial charge >= 0.3 is 0 Å². The summed E-state index contributed by atoms with van der Waals surface area (Å²) in [7, 11) is 0. The van der Waals surface area contributed by atoms with Crippen molar-refractivity contribution in [2.24, 2.45) is 0 Å².